The number of ether oxygens (including phenoxy) is 1. The van der Waals surface area contributed by atoms with Crippen LogP contribution in [0.1, 0.15) is 65.2 Å². The summed E-state index contributed by atoms with van der Waals surface area (Å²) in [5.41, 5.74) is 0. The first kappa shape index (κ1) is 20.1. The number of hydrogen-bond donors (Lipinski definition) is 0. The molecule has 0 aromatic heterocycles. The molecule has 2 nitrogen and oxygen atoms in total. The Balaban J connectivity index is 4.30. The molecule has 0 radical (unpaired) electrons. The molecule has 0 bridgehead atoms. The van der Waals surface area contributed by atoms with Crippen molar-refractivity contribution in [1.29, 1.82) is 0 Å². The zero-order chi connectivity index (χ0) is 16.5. The number of unbranched alkanes of at least 4 members (excludes halogenated alkanes) is 6. The standard InChI is InChI=1S/C14H23F5O2/c1-3-4-5-6-7-8-9-10-12(21-11(2)20)13(15,16)14(17,18)19/h12H,3-10H2,1-2H3. The summed E-state index contributed by atoms with van der Waals surface area (Å²) in [5, 5.41) is 0. The van der Waals surface area contributed by atoms with Gasteiger partial charge in [-0.3, -0.25) is 4.79 Å². The van der Waals surface area contributed by atoms with Crippen molar-refractivity contribution in [1.82, 2.24) is 0 Å². The largest absolute Gasteiger partial charge is 0.457 e. The minimum absolute atomic E-state index is 0.176. The van der Waals surface area contributed by atoms with Crippen molar-refractivity contribution >= 4 is 5.97 Å². The zero-order valence-electron chi connectivity index (χ0n) is 12.4. The molecule has 0 aliphatic carbocycles. The first-order valence-electron chi connectivity index (χ1n) is 7.24. The molecule has 1 atom stereocenters. The van der Waals surface area contributed by atoms with E-state index in [1.807, 2.05) is 0 Å². The Labute approximate surface area is 122 Å². The summed E-state index contributed by atoms with van der Waals surface area (Å²) >= 11 is 0. The van der Waals surface area contributed by atoms with Gasteiger partial charge in [0, 0.05) is 6.92 Å². The minimum Gasteiger partial charge on any atom is -0.456 e. The molecule has 7 heteroatoms. The van der Waals surface area contributed by atoms with E-state index in [1.54, 1.807) is 0 Å². The highest BCUT2D eigenvalue weighted by atomic mass is 19.4. The molecule has 0 heterocycles. The second-order valence-electron chi connectivity index (χ2n) is 5.13. The van der Waals surface area contributed by atoms with E-state index in [0.29, 0.717) is 6.42 Å². The number of carbonyl (C=O) groups excluding carboxylic acids is 1. The van der Waals surface area contributed by atoms with Crippen LogP contribution in [0.15, 0.2) is 0 Å². The van der Waals surface area contributed by atoms with Crippen LogP contribution in [0, 0.1) is 0 Å². The molecule has 0 spiro atoms. The lowest BCUT2D eigenvalue weighted by atomic mass is 10.0. The van der Waals surface area contributed by atoms with Crippen molar-refractivity contribution in [2.75, 3.05) is 0 Å². The van der Waals surface area contributed by atoms with Crippen LogP contribution >= 0.6 is 0 Å². The highest BCUT2D eigenvalue weighted by molar-refractivity contribution is 5.66. The number of rotatable bonds is 10. The molecule has 0 rings (SSSR count). The second-order valence-corrected chi connectivity index (χ2v) is 5.13. The monoisotopic (exact) mass is 318 g/mol. The minimum atomic E-state index is -5.71. The highest BCUT2D eigenvalue weighted by Crippen LogP contribution is 2.41. The summed E-state index contributed by atoms with van der Waals surface area (Å²) in [6.45, 7) is 2.88. The number of carbonyl (C=O) groups is 1. The van der Waals surface area contributed by atoms with Crippen LogP contribution in [0.2, 0.25) is 0 Å². The maximum Gasteiger partial charge on any atom is 0.457 e. The first-order chi connectivity index (χ1) is 9.63. The third-order valence-corrected chi connectivity index (χ3v) is 3.16. The van der Waals surface area contributed by atoms with Crippen LogP contribution in [-0.4, -0.2) is 24.2 Å². The van der Waals surface area contributed by atoms with Crippen molar-refractivity contribution in [2.24, 2.45) is 0 Å². The van der Waals surface area contributed by atoms with E-state index < -0.39 is 30.6 Å². The van der Waals surface area contributed by atoms with E-state index in [9.17, 15) is 26.7 Å². The summed E-state index contributed by atoms with van der Waals surface area (Å²) < 4.78 is 67.6. The Bertz CT molecular complexity index is 302. The predicted molar refractivity (Wildman–Crippen MR) is 69.2 cm³/mol. The normalized spacial score (nSPS) is 14.0. The maximum absolute atomic E-state index is 13.2. The van der Waals surface area contributed by atoms with Crippen molar-refractivity contribution in [3.8, 4) is 0 Å². The van der Waals surface area contributed by atoms with Gasteiger partial charge in [0.2, 0.25) is 0 Å². The lowest BCUT2D eigenvalue weighted by Gasteiger charge is -2.28. The van der Waals surface area contributed by atoms with Crippen molar-refractivity contribution in [2.45, 2.75) is 83.4 Å². The van der Waals surface area contributed by atoms with Crippen molar-refractivity contribution in [3.63, 3.8) is 0 Å². The Hall–Kier alpha value is -0.880. The van der Waals surface area contributed by atoms with Gasteiger partial charge in [-0.25, -0.2) is 0 Å². The SMILES string of the molecule is CCCCCCCCCC(OC(C)=O)C(F)(F)C(F)(F)F. The maximum atomic E-state index is 13.2. The van der Waals surface area contributed by atoms with E-state index in [4.69, 9.17) is 0 Å². The van der Waals surface area contributed by atoms with Crippen LogP contribution in [0.25, 0.3) is 0 Å². The van der Waals surface area contributed by atoms with Gasteiger partial charge in [0.05, 0.1) is 0 Å². The molecule has 0 amide bonds. The van der Waals surface area contributed by atoms with Gasteiger partial charge in [0.25, 0.3) is 0 Å². The van der Waals surface area contributed by atoms with Crippen LogP contribution < -0.4 is 0 Å². The van der Waals surface area contributed by atoms with E-state index >= 15 is 0 Å². The second kappa shape index (κ2) is 9.20. The summed E-state index contributed by atoms with van der Waals surface area (Å²) in [6, 6.07) is 0. The average molecular weight is 318 g/mol. The summed E-state index contributed by atoms with van der Waals surface area (Å²) in [4.78, 5) is 10.7. The number of alkyl halides is 5. The third kappa shape index (κ3) is 7.62. The number of esters is 1. The Morgan fingerprint density at radius 1 is 0.952 bits per heavy atom. The third-order valence-electron chi connectivity index (χ3n) is 3.16. The quantitative estimate of drug-likeness (QED) is 0.312. The van der Waals surface area contributed by atoms with Gasteiger partial charge >= 0.3 is 18.1 Å². The molecule has 0 N–H and O–H groups in total. The molecule has 0 aliphatic rings. The molecular weight excluding hydrogens is 295 g/mol. The van der Waals surface area contributed by atoms with Crippen LogP contribution in [-0.2, 0) is 9.53 Å². The molecular formula is C14H23F5O2. The molecule has 0 aliphatic heterocycles. The van der Waals surface area contributed by atoms with E-state index in [1.165, 1.54) is 0 Å². The van der Waals surface area contributed by atoms with Gasteiger partial charge in [-0.05, 0) is 12.8 Å². The van der Waals surface area contributed by atoms with Gasteiger partial charge < -0.3 is 4.74 Å². The lowest BCUT2D eigenvalue weighted by Crippen LogP contribution is -2.48. The van der Waals surface area contributed by atoms with Gasteiger partial charge in [-0.15, -0.1) is 0 Å². The smallest absolute Gasteiger partial charge is 0.456 e. The highest BCUT2D eigenvalue weighted by Gasteiger charge is 2.63. The molecule has 126 valence electrons. The number of halogens is 5. The number of hydrogen-bond acceptors (Lipinski definition) is 2. The van der Waals surface area contributed by atoms with E-state index in [2.05, 4.69) is 11.7 Å². The fourth-order valence-corrected chi connectivity index (χ4v) is 1.98. The van der Waals surface area contributed by atoms with Gasteiger partial charge in [-0.1, -0.05) is 45.4 Å². The molecule has 0 saturated heterocycles. The average Bonchev–Trinajstić information content (AvgIpc) is 2.34. The molecule has 0 fully saturated rings. The first-order valence-corrected chi connectivity index (χ1v) is 7.24. The van der Waals surface area contributed by atoms with E-state index in [-0.39, 0.29) is 6.42 Å². The van der Waals surface area contributed by atoms with Crippen LogP contribution in [0.3, 0.4) is 0 Å². The molecule has 0 aromatic carbocycles. The topological polar surface area (TPSA) is 26.3 Å². The van der Waals surface area contributed by atoms with Crippen molar-refractivity contribution in [3.05, 3.63) is 0 Å². The predicted octanol–water partition coefficient (Wildman–Crippen LogP) is 5.26. The summed E-state index contributed by atoms with van der Waals surface area (Å²) in [5.74, 6) is -6.15. The van der Waals surface area contributed by atoms with Crippen LogP contribution in [0.4, 0.5) is 22.0 Å². The Morgan fingerprint density at radius 2 is 1.43 bits per heavy atom. The lowest BCUT2D eigenvalue weighted by molar-refractivity contribution is -0.315. The molecule has 1 unspecified atom stereocenters. The summed E-state index contributed by atoms with van der Waals surface area (Å²) in [6.07, 6.45) is -3.01. The molecule has 0 saturated carbocycles. The Kier molecular flexibility index (Phi) is 8.82. The van der Waals surface area contributed by atoms with Gasteiger partial charge in [-0.2, -0.15) is 22.0 Å². The molecule has 21 heavy (non-hydrogen) atoms. The van der Waals surface area contributed by atoms with Gasteiger partial charge in [0.15, 0.2) is 6.10 Å². The fourth-order valence-electron chi connectivity index (χ4n) is 1.98. The summed E-state index contributed by atoms with van der Waals surface area (Å²) in [7, 11) is 0. The zero-order valence-corrected chi connectivity index (χ0v) is 12.4. The van der Waals surface area contributed by atoms with E-state index in [0.717, 1.165) is 39.0 Å². The van der Waals surface area contributed by atoms with Crippen molar-refractivity contribution < 1.29 is 31.5 Å². The fraction of sp³-hybridized carbons (Fsp3) is 0.929. The molecule has 0 aromatic rings. The Morgan fingerprint density at radius 3 is 1.86 bits per heavy atom. The van der Waals surface area contributed by atoms with Gasteiger partial charge in [0.1, 0.15) is 0 Å². The van der Waals surface area contributed by atoms with Crippen LogP contribution in [0.5, 0.6) is 0 Å².